The molecule has 2 aliphatic heterocycles. The van der Waals surface area contributed by atoms with Crippen LogP contribution in [0, 0.1) is 12.8 Å². The molecule has 11 atom stereocenters. The third-order valence-electron chi connectivity index (χ3n) is 6.92. The van der Waals surface area contributed by atoms with Gasteiger partial charge in [-0.15, -0.1) is 0 Å². The molecular formula is C25H37NO11S. The van der Waals surface area contributed by atoms with E-state index in [9.17, 15) is 40.2 Å². The minimum Gasteiger partial charge on any atom is -0.477 e. The summed E-state index contributed by atoms with van der Waals surface area (Å²) >= 11 is 1.12. The summed E-state index contributed by atoms with van der Waals surface area (Å²) in [4.78, 5) is 24.8. The minimum absolute atomic E-state index is 0.484. The standard InChI is InChI=1S/C25H37NO11S/c1-11-5-7-15(8-6-11)38-23-21(32)20(31)19(30)17(36-23)10-35-25(24(33)34)9-16(29)12(2)22(37-25)18(13(3)27)26-14(4)28/h5-8,12-13,16-23,27,29-32H,9-10H2,1-4H3,(H,26,28)(H,33,34)/t12-,13-,16-,17?,18-,19+,20+,21?,22?,23+,25-/m1/s1. The summed E-state index contributed by atoms with van der Waals surface area (Å²) in [7, 11) is 0. The summed E-state index contributed by atoms with van der Waals surface area (Å²) in [5.41, 5.74) is 0.0225. The Kier molecular flexibility index (Phi) is 10.2. The second-order valence-electron chi connectivity index (χ2n) is 9.99. The lowest BCUT2D eigenvalue weighted by atomic mass is 9.83. The monoisotopic (exact) mass is 559 g/mol. The van der Waals surface area contributed by atoms with Crippen molar-refractivity contribution >= 4 is 23.6 Å². The Bertz CT molecular complexity index is 963. The SMILES string of the molecule is CC(=O)N[C@@H](C1O[C@@](OCC2O[C@@H](Sc3ccc(C)cc3)C(O)[C@@H](O)[C@H]2O)(C(=O)O)C[C@@H](O)[C@H]1C)[C@@H](C)O. The van der Waals surface area contributed by atoms with Crippen molar-refractivity contribution in [1.29, 1.82) is 0 Å². The van der Waals surface area contributed by atoms with Crippen LogP contribution in [0.2, 0.25) is 0 Å². The third kappa shape index (κ3) is 6.84. The van der Waals surface area contributed by atoms with Crippen molar-refractivity contribution < 1.29 is 54.4 Å². The van der Waals surface area contributed by atoms with E-state index >= 15 is 0 Å². The third-order valence-corrected chi connectivity index (χ3v) is 8.09. The van der Waals surface area contributed by atoms with E-state index in [1.807, 2.05) is 31.2 Å². The van der Waals surface area contributed by atoms with Gasteiger partial charge in [0, 0.05) is 24.2 Å². The van der Waals surface area contributed by atoms with Gasteiger partial charge in [-0.05, 0) is 26.0 Å². The normalized spacial score (nSPS) is 37.3. The second kappa shape index (κ2) is 12.6. The van der Waals surface area contributed by atoms with Gasteiger partial charge in [-0.3, -0.25) is 4.79 Å². The summed E-state index contributed by atoms with van der Waals surface area (Å²) < 4.78 is 17.3. The number of aliphatic hydroxyl groups excluding tert-OH is 5. The van der Waals surface area contributed by atoms with Gasteiger partial charge in [-0.25, -0.2) is 4.79 Å². The van der Waals surface area contributed by atoms with E-state index in [1.54, 1.807) is 6.92 Å². The van der Waals surface area contributed by atoms with Gasteiger partial charge in [0.25, 0.3) is 5.79 Å². The molecule has 7 N–H and O–H groups in total. The Labute approximate surface area is 224 Å². The maximum atomic E-state index is 12.4. The van der Waals surface area contributed by atoms with E-state index in [0.29, 0.717) is 0 Å². The molecule has 3 rings (SSSR count). The van der Waals surface area contributed by atoms with E-state index < -0.39 is 90.8 Å². The molecule has 2 fully saturated rings. The fourth-order valence-electron chi connectivity index (χ4n) is 4.58. The van der Waals surface area contributed by atoms with Gasteiger partial charge in [0.05, 0.1) is 31.0 Å². The molecule has 12 nitrogen and oxygen atoms in total. The molecule has 13 heteroatoms. The lowest BCUT2D eigenvalue weighted by Crippen LogP contribution is -2.65. The number of carbonyl (C=O) groups is 2. The number of carboxylic acids is 1. The summed E-state index contributed by atoms with van der Waals surface area (Å²) in [6.45, 7) is 5.56. The zero-order valence-corrected chi connectivity index (χ0v) is 22.4. The van der Waals surface area contributed by atoms with Crippen molar-refractivity contribution in [1.82, 2.24) is 5.32 Å². The van der Waals surface area contributed by atoms with Crippen molar-refractivity contribution in [3.63, 3.8) is 0 Å². The van der Waals surface area contributed by atoms with Crippen LogP contribution < -0.4 is 5.32 Å². The Hall–Kier alpha value is -1.81. The number of benzene rings is 1. The van der Waals surface area contributed by atoms with Crippen LogP contribution in [0.1, 0.15) is 32.8 Å². The Morgan fingerprint density at radius 2 is 1.79 bits per heavy atom. The number of nitrogens with one attached hydrogen (secondary N) is 1. The largest absolute Gasteiger partial charge is 0.477 e. The van der Waals surface area contributed by atoms with E-state index in [1.165, 1.54) is 13.8 Å². The highest BCUT2D eigenvalue weighted by Crippen LogP contribution is 2.38. The van der Waals surface area contributed by atoms with Crippen LogP contribution in [0.25, 0.3) is 0 Å². The van der Waals surface area contributed by atoms with E-state index in [0.717, 1.165) is 22.2 Å². The molecule has 2 heterocycles. The number of aryl methyl sites for hydroxylation is 1. The van der Waals surface area contributed by atoms with Crippen LogP contribution in [0.15, 0.2) is 29.2 Å². The van der Waals surface area contributed by atoms with Crippen molar-refractivity contribution in [2.45, 2.75) is 99.0 Å². The second-order valence-corrected chi connectivity index (χ2v) is 11.2. The lowest BCUT2D eigenvalue weighted by Gasteiger charge is -2.47. The molecule has 1 aromatic rings. The number of hydrogen-bond donors (Lipinski definition) is 7. The molecule has 1 amide bonds. The van der Waals surface area contributed by atoms with Crippen LogP contribution in [0.3, 0.4) is 0 Å². The van der Waals surface area contributed by atoms with Crippen LogP contribution in [-0.2, 0) is 23.8 Å². The van der Waals surface area contributed by atoms with Gasteiger partial charge in [0.1, 0.15) is 29.9 Å². The van der Waals surface area contributed by atoms with E-state index in [2.05, 4.69) is 5.32 Å². The van der Waals surface area contributed by atoms with Crippen molar-refractivity contribution in [2.24, 2.45) is 5.92 Å². The molecule has 0 bridgehead atoms. The smallest absolute Gasteiger partial charge is 0.364 e. The quantitative estimate of drug-likeness (QED) is 0.203. The first-order valence-corrected chi connectivity index (χ1v) is 13.2. The summed E-state index contributed by atoms with van der Waals surface area (Å²) in [6, 6.07) is 6.30. The molecule has 0 aromatic heterocycles. The fraction of sp³-hybridized carbons (Fsp3) is 0.680. The highest BCUT2D eigenvalue weighted by molar-refractivity contribution is 7.99. The number of aliphatic hydroxyl groups is 5. The summed E-state index contributed by atoms with van der Waals surface area (Å²) in [5.74, 6) is -5.15. The van der Waals surface area contributed by atoms with Gasteiger partial charge < -0.3 is 50.2 Å². The molecule has 2 aliphatic rings. The molecule has 0 radical (unpaired) electrons. The van der Waals surface area contributed by atoms with E-state index in [-0.39, 0.29) is 0 Å². The molecule has 38 heavy (non-hydrogen) atoms. The summed E-state index contributed by atoms with van der Waals surface area (Å²) in [6.07, 6.45) is -9.94. The molecule has 0 saturated carbocycles. The van der Waals surface area contributed by atoms with Crippen molar-refractivity contribution in [3.8, 4) is 0 Å². The predicted molar refractivity (Wildman–Crippen MR) is 134 cm³/mol. The molecule has 1 aromatic carbocycles. The number of hydrogen-bond acceptors (Lipinski definition) is 11. The van der Waals surface area contributed by atoms with Gasteiger partial charge in [-0.1, -0.05) is 36.4 Å². The first-order chi connectivity index (χ1) is 17.8. The minimum atomic E-state index is -2.41. The van der Waals surface area contributed by atoms with E-state index in [4.69, 9.17) is 14.2 Å². The van der Waals surface area contributed by atoms with Gasteiger partial charge in [0.2, 0.25) is 5.91 Å². The highest BCUT2D eigenvalue weighted by atomic mass is 32.2. The topological polar surface area (TPSA) is 195 Å². The number of rotatable bonds is 9. The fourth-order valence-corrected chi connectivity index (χ4v) is 5.64. The zero-order valence-electron chi connectivity index (χ0n) is 21.6. The maximum Gasteiger partial charge on any atom is 0.364 e. The first kappa shape index (κ1) is 30.7. The molecule has 2 saturated heterocycles. The number of aliphatic carboxylic acids is 1. The highest BCUT2D eigenvalue weighted by Gasteiger charge is 2.55. The first-order valence-electron chi connectivity index (χ1n) is 12.4. The van der Waals surface area contributed by atoms with Crippen molar-refractivity contribution in [2.75, 3.05) is 6.61 Å². The average Bonchev–Trinajstić information content (AvgIpc) is 2.85. The molecule has 0 spiro atoms. The Morgan fingerprint density at radius 3 is 2.34 bits per heavy atom. The van der Waals surface area contributed by atoms with Gasteiger partial charge in [0.15, 0.2) is 0 Å². The van der Waals surface area contributed by atoms with Crippen LogP contribution in [-0.4, -0.2) is 109 Å². The lowest BCUT2D eigenvalue weighted by molar-refractivity contribution is -0.319. The zero-order chi connectivity index (χ0) is 28.4. The molecule has 0 aliphatic carbocycles. The number of carboxylic acid groups (broad SMARTS) is 1. The molecule has 3 unspecified atom stereocenters. The average molecular weight is 560 g/mol. The van der Waals surface area contributed by atoms with Crippen LogP contribution in [0.5, 0.6) is 0 Å². The Balaban J connectivity index is 1.79. The van der Waals surface area contributed by atoms with Gasteiger partial charge in [-0.2, -0.15) is 0 Å². The number of carbonyl (C=O) groups excluding carboxylic acids is 1. The number of thioether (sulfide) groups is 1. The van der Waals surface area contributed by atoms with Gasteiger partial charge >= 0.3 is 5.97 Å². The molecular weight excluding hydrogens is 522 g/mol. The van der Waals surface area contributed by atoms with Crippen LogP contribution in [0.4, 0.5) is 0 Å². The predicted octanol–water partition coefficient (Wildman–Crippen LogP) is -0.636. The summed E-state index contributed by atoms with van der Waals surface area (Å²) in [5, 5.41) is 65.0. The molecule has 214 valence electrons. The number of amides is 1. The Morgan fingerprint density at radius 1 is 1.16 bits per heavy atom. The van der Waals surface area contributed by atoms with Crippen molar-refractivity contribution in [3.05, 3.63) is 29.8 Å². The number of ether oxygens (including phenoxy) is 3. The maximum absolute atomic E-state index is 12.4. The van der Waals surface area contributed by atoms with Crippen LogP contribution >= 0.6 is 11.8 Å².